The Morgan fingerprint density at radius 1 is 1.25 bits per heavy atom. The molecule has 1 aliphatic rings. The van der Waals surface area contributed by atoms with Gasteiger partial charge in [-0.2, -0.15) is 0 Å². The SMILES string of the molecule is Cc1ccncc1-c1nc(Cl)c(Br)c(C2CCCC2)n1. The van der Waals surface area contributed by atoms with Crippen LogP contribution < -0.4 is 0 Å². The van der Waals surface area contributed by atoms with Crippen molar-refractivity contribution >= 4 is 27.5 Å². The highest BCUT2D eigenvalue weighted by Gasteiger charge is 2.24. The molecule has 1 saturated carbocycles. The average molecular weight is 353 g/mol. The molecule has 0 radical (unpaired) electrons. The number of nitrogens with zero attached hydrogens (tertiary/aromatic N) is 3. The van der Waals surface area contributed by atoms with E-state index in [-0.39, 0.29) is 0 Å². The van der Waals surface area contributed by atoms with E-state index in [0.717, 1.165) is 21.3 Å². The lowest BCUT2D eigenvalue weighted by molar-refractivity contribution is 0.690. The monoisotopic (exact) mass is 351 g/mol. The molecule has 2 aromatic heterocycles. The molecule has 0 aromatic carbocycles. The Morgan fingerprint density at radius 3 is 2.70 bits per heavy atom. The Morgan fingerprint density at radius 2 is 2.00 bits per heavy atom. The first-order valence-electron chi connectivity index (χ1n) is 6.80. The molecule has 0 amide bonds. The second-order valence-electron chi connectivity index (χ2n) is 5.21. The van der Waals surface area contributed by atoms with Crippen molar-refractivity contribution in [2.75, 3.05) is 0 Å². The first-order chi connectivity index (χ1) is 9.66. The van der Waals surface area contributed by atoms with Crippen LogP contribution >= 0.6 is 27.5 Å². The minimum Gasteiger partial charge on any atom is -0.264 e. The second kappa shape index (κ2) is 5.78. The van der Waals surface area contributed by atoms with Crippen molar-refractivity contribution < 1.29 is 0 Å². The van der Waals surface area contributed by atoms with Gasteiger partial charge in [0.05, 0.1) is 10.2 Å². The Labute approximate surface area is 132 Å². The third-order valence-corrected chi connectivity index (χ3v) is 5.14. The van der Waals surface area contributed by atoms with Crippen LogP contribution in [0.25, 0.3) is 11.4 Å². The van der Waals surface area contributed by atoms with E-state index in [9.17, 15) is 0 Å². The van der Waals surface area contributed by atoms with Crippen molar-refractivity contribution in [3.63, 3.8) is 0 Å². The van der Waals surface area contributed by atoms with Crippen molar-refractivity contribution in [3.05, 3.63) is 39.3 Å². The van der Waals surface area contributed by atoms with Crippen LogP contribution in [0.4, 0.5) is 0 Å². The fourth-order valence-electron chi connectivity index (χ4n) is 2.72. The van der Waals surface area contributed by atoms with Crippen molar-refractivity contribution in [1.82, 2.24) is 15.0 Å². The average Bonchev–Trinajstić information content (AvgIpc) is 2.96. The minimum atomic E-state index is 0.486. The number of pyridine rings is 1. The predicted molar refractivity (Wildman–Crippen MR) is 83.9 cm³/mol. The van der Waals surface area contributed by atoms with E-state index >= 15 is 0 Å². The zero-order valence-corrected chi connectivity index (χ0v) is 13.6. The summed E-state index contributed by atoms with van der Waals surface area (Å²) in [5, 5.41) is 0.486. The number of hydrogen-bond acceptors (Lipinski definition) is 3. The van der Waals surface area contributed by atoms with Gasteiger partial charge in [0.1, 0.15) is 5.15 Å². The van der Waals surface area contributed by atoms with Crippen molar-refractivity contribution in [1.29, 1.82) is 0 Å². The molecule has 0 unspecified atom stereocenters. The number of aromatic nitrogens is 3. The molecular formula is C15H15BrClN3. The number of rotatable bonds is 2. The standard InChI is InChI=1S/C15H15BrClN3/c1-9-6-7-18-8-11(9)15-19-13(10-4-2-3-5-10)12(16)14(17)20-15/h6-8,10H,2-5H2,1H3. The highest BCUT2D eigenvalue weighted by Crippen LogP contribution is 2.39. The van der Waals surface area contributed by atoms with Gasteiger partial charge in [-0.3, -0.25) is 4.98 Å². The van der Waals surface area contributed by atoms with Gasteiger partial charge in [0.2, 0.25) is 0 Å². The summed E-state index contributed by atoms with van der Waals surface area (Å²) in [7, 11) is 0. The zero-order valence-electron chi connectivity index (χ0n) is 11.2. The smallest absolute Gasteiger partial charge is 0.163 e. The summed E-state index contributed by atoms with van der Waals surface area (Å²) < 4.78 is 0.844. The summed E-state index contributed by atoms with van der Waals surface area (Å²) in [4.78, 5) is 13.3. The minimum absolute atomic E-state index is 0.486. The van der Waals surface area contributed by atoms with E-state index in [4.69, 9.17) is 16.6 Å². The van der Waals surface area contributed by atoms with Gasteiger partial charge in [-0.25, -0.2) is 9.97 Å². The van der Waals surface area contributed by atoms with Crippen LogP contribution in [-0.2, 0) is 0 Å². The Bertz CT molecular complexity index is 639. The van der Waals surface area contributed by atoms with E-state index in [0.29, 0.717) is 16.9 Å². The molecule has 0 atom stereocenters. The van der Waals surface area contributed by atoms with E-state index in [1.54, 1.807) is 12.4 Å². The molecular weight excluding hydrogens is 338 g/mol. The van der Waals surface area contributed by atoms with Gasteiger partial charge in [0.15, 0.2) is 5.82 Å². The molecule has 0 aliphatic heterocycles. The maximum atomic E-state index is 6.28. The predicted octanol–water partition coefficient (Wildman–Crippen LogP) is 4.92. The molecule has 3 nitrogen and oxygen atoms in total. The molecule has 0 N–H and O–H groups in total. The summed E-state index contributed by atoms with van der Waals surface area (Å²) in [5.74, 6) is 1.16. The quantitative estimate of drug-likeness (QED) is 0.720. The van der Waals surface area contributed by atoms with E-state index in [1.807, 2.05) is 13.0 Å². The van der Waals surface area contributed by atoms with E-state index < -0.39 is 0 Å². The fourth-order valence-corrected chi connectivity index (χ4v) is 3.40. The molecule has 3 rings (SSSR count). The van der Waals surface area contributed by atoms with E-state index in [2.05, 4.69) is 25.9 Å². The third-order valence-electron chi connectivity index (χ3n) is 3.86. The lowest BCUT2D eigenvalue weighted by Gasteiger charge is -2.14. The molecule has 5 heteroatoms. The van der Waals surface area contributed by atoms with Crippen LogP contribution in [-0.4, -0.2) is 15.0 Å². The number of hydrogen-bond donors (Lipinski definition) is 0. The molecule has 1 fully saturated rings. The van der Waals surface area contributed by atoms with Crippen LogP contribution in [0.2, 0.25) is 5.15 Å². The number of halogens is 2. The van der Waals surface area contributed by atoms with Crippen LogP contribution in [0.1, 0.15) is 42.9 Å². The van der Waals surface area contributed by atoms with Gasteiger partial charge in [-0.1, -0.05) is 24.4 Å². The summed E-state index contributed by atoms with van der Waals surface area (Å²) in [6.07, 6.45) is 8.46. The summed E-state index contributed by atoms with van der Waals surface area (Å²) in [5.41, 5.74) is 3.10. The molecule has 0 spiro atoms. The van der Waals surface area contributed by atoms with Gasteiger partial charge in [-0.15, -0.1) is 0 Å². The Kier molecular flexibility index (Phi) is 4.03. The molecule has 1 aliphatic carbocycles. The molecule has 0 bridgehead atoms. The summed E-state index contributed by atoms with van der Waals surface area (Å²) in [6.45, 7) is 2.03. The third kappa shape index (κ3) is 2.59. The number of aryl methyl sites for hydroxylation is 1. The highest BCUT2D eigenvalue weighted by molar-refractivity contribution is 9.10. The normalized spacial score (nSPS) is 15.8. The van der Waals surface area contributed by atoms with Gasteiger partial charge in [0, 0.05) is 23.9 Å². The lowest BCUT2D eigenvalue weighted by Crippen LogP contribution is -2.03. The second-order valence-corrected chi connectivity index (χ2v) is 6.36. The first kappa shape index (κ1) is 14.0. The van der Waals surface area contributed by atoms with Crippen LogP contribution in [0, 0.1) is 6.92 Å². The topological polar surface area (TPSA) is 38.7 Å². The van der Waals surface area contributed by atoms with Gasteiger partial charge >= 0.3 is 0 Å². The maximum absolute atomic E-state index is 6.28. The molecule has 2 heterocycles. The van der Waals surface area contributed by atoms with Gasteiger partial charge < -0.3 is 0 Å². The Hall–Kier alpha value is -1.00. The Balaban J connectivity index is 2.11. The summed E-state index contributed by atoms with van der Waals surface area (Å²) >= 11 is 9.82. The summed E-state index contributed by atoms with van der Waals surface area (Å²) in [6, 6.07) is 1.96. The van der Waals surface area contributed by atoms with Crippen molar-refractivity contribution in [2.45, 2.75) is 38.5 Å². The van der Waals surface area contributed by atoms with Crippen LogP contribution in [0.5, 0.6) is 0 Å². The fraction of sp³-hybridized carbons (Fsp3) is 0.400. The molecule has 104 valence electrons. The first-order valence-corrected chi connectivity index (χ1v) is 7.98. The molecule has 0 saturated heterocycles. The van der Waals surface area contributed by atoms with Crippen molar-refractivity contribution in [2.24, 2.45) is 0 Å². The van der Waals surface area contributed by atoms with E-state index in [1.165, 1.54) is 25.7 Å². The van der Waals surface area contributed by atoms with Gasteiger partial charge in [-0.05, 0) is 47.3 Å². The highest BCUT2D eigenvalue weighted by atomic mass is 79.9. The van der Waals surface area contributed by atoms with Crippen LogP contribution in [0.3, 0.4) is 0 Å². The van der Waals surface area contributed by atoms with Gasteiger partial charge in [0.25, 0.3) is 0 Å². The molecule has 20 heavy (non-hydrogen) atoms. The largest absolute Gasteiger partial charge is 0.264 e. The van der Waals surface area contributed by atoms with Crippen molar-refractivity contribution in [3.8, 4) is 11.4 Å². The lowest BCUT2D eigenvalue weighted by atomic mass is 10.0. The van der Waals surface area contributed by atoms with Crippen LogP contribution in [0.15, 0.2) is 22.9 Å². The molecule has 2 aromatic rings. The zero-order chi connectivity index (χ0) is 14.1. The maximum Gasteiger partial charge on any atom is 0.163 e.